The molecule has 0 spiro atoms. The summed E-state index contributed by atoms with van der Waals surface area (Å²) in [5.74, 6) is -0.240. The van der Waals surface area contributed by atoms with Crippen LogP contribution >= 0.6 is 0 Å². The molecule has 0 atom stereocenters. The molecule has 90 valence electrons. The molecule has 0 unspecified atom stereocenters. The predicted octanol–water partition coefficient (Wildman–Crippen LogP) is 3.59. The summed E-state index contributed by atoms with van der Waals surface area (Å²) in [5.41, 5.74) is 2.93. The summed E-state index contributed by atoms with van der Waals surface area (Å²) in [6.07, 6.45) is 5.05. The molecule has 2 aromatic carbocycles. The lowest BCUT2D eigenvalue weighted by Gasteiger charge is -2.15. The van der Waals surface area contributed by atoms with E-state index in [-0.39, 0.29) is 5.97 Å². The minimum Gasteiger partial charge on any atom is -0.462 e. The highest BCUT2D eigenvalue weighted by atomic mass is 16.5. The highest BCUT2D eigenvalue weighted by molar-refractivity contribution is 6.04. The van der Waals surface area contributed by atoms with Crippen molar-refractivity contribution in [3.05, 3.63) is 53.1 Å². The van der Waals surface area contributed by atoms with Gasteiger partial charge in [0.05, 0.1) is 12.2 Å². The Morgan fingerprint density at radius 2 is 2.17 bits per heavy atom. The summed E-state index contributed by atoms with van der Waals surface area (Å²) in [5, 5.41) is 2.37. The number of hydrogen-bond donors (Lipinski definition) is 0. The van der Waals surface area contributed by atoms with E-state index in [2.05, 4.69) is 24.3 Å². The van der Waals surface area contributed by atoms with Crippen molar-refractivity contribution in [2.75, 3.05) is 6.61 Å². The van der Waals surface area contributed by atoms with Gasteiger partial charge in [-0.05, 0) is 41.3 Å². The van der Waals surface area contributed by atoms with Gasteiger partial charge in [-0.3, -0.25) is 0 Å². The molecule has 0 bridgehead atoms. The highest BCUT2D eigenvalue weighted by Crippen LogP contribution is 2.31. The van der Waals surface area contributed by atoms with Crippen molar-refractivity contribution in [3.8, 4) is 0 Å². The summed E-state index contributed by atoms with van der Waals surface area (Å²) in [6.45, 7) is 2.23. The number of carbonyl (C=O) groups excluding carboxylic acids is 1. The van der Waals surface area contributed by atoms with Crippen LogP contribution in [0.2, 0.25) is 0 Å². The molecule has 0 fully saturated rings. The van der Waals surface area contributed by atoms with Crippen molar-refractivity contribution < 1.29 is 9.53 Å². The first-order valence-electron chi connectivity index (χ1n) is 6.19. The van der Waals surface area contributed by atoms with Gasteiger partial charge >= 0.3 is 5.97 Å². The predicted molar refractivity (Wildman–Crippen MR) is 72.6 cm³/mol. The Balaban J connectivity index is 2.27. The SMILES string of the molecule is CCOC(=O)c1ccc2cccc3c2c1C=CC3. The second kappa shape index (κ2) is 4.30. The largest absolute Gasteiger partial charge is 0.462 e. The summed E-state index contributed by atoms with van der Waals surface area (Å²) >= 11 is 0. The molecule has 3 rings (SSSR count). The summed E-state index contributed by atoms with van der Waals surface area (Å²) < 4.78 is 5.11. The summed E-state index contributed by atoms with van der Waals surface area (Å²) in [6, 6.07) is 10.1. The Morgan fingerprint density at radius 3 is 3.00 bits per heavy atom. The van der Waals surface area contributed by atoms with E-state index in [1.165, 1.54) is 16.3 Å². The van der Waals surface area contributed by atoms with Gasteiger partial charge in [0.2, 0.25) is 0 Å². The lowest BCUT2D eigenvalue weighted by atomic mass is 9.90. The Labute approximate surface area is 106 Å². The number of esters is 1. The number of benzene rings is 2. The smallest absolute Gasteiger partial charge is 0.338 e. The third-order valence-corrected chi connectivity index (χ3v) is 3.29. The fraction of sp³-hybridized carbons (Fsp3) is 0.188. The van der Waals surface area contributed by atoms with Gasteiger partial charge in [0.1, 0.15) is 0 Å². The van der Waals surface area contributed by atoms with Crippen molar-refractivity contribution >= 4 is 22.8 Å². The van der Waals surface area contributed by atoms with Crippen LogP contribution in [0, 0.1) is 0 Å². The van der Waals surface area contributed by atoms with E-state index >= 15 is 0 Å². The molecule has 2 heteroatoms. The Hall–Kier alpha value is -2.09. The van der Waals surface area contributed by atoms with Crippen LogP contribution in [0.15, 0.2) is 36.4 Å². The molecule has 1 aliphatic carbocycles. The van der Waals surface area contributed by atoms with Crippen molar-refractivity contribution in [2.24, 2.45) is 0 Å². The summed E-state index contributed by atoms with van der Waals surface area (Å²) in [7, 11) is 0. The first kappa shape index (κ1) is 11.0. The van der Waals surface area contributed by atoms with Crippen LogP contribution in [-0.2, 0) is 11.2 Å². The molecule has 0 heterocycles. The van der Waals surface area contributed by atoms with E-state index in [0.29, 0.717) is 12.2 Å². The third kappa shape index (κ3) is 1.61. The van der Waals surface area contributed by atoms with Crippen LogP contribution < -0.4 is 0 Å². The molecule has 1 aliphatic rings. The van der Waals surface area contributed by atoms with E-state index in [1.54, 1.807) is 0 Å². The van der Waals surface area contributed by atoms with E-state index in [9.17, 15) is 4.79 Å². The Morgan fingerprint density at radius 1 is 1.28 bits per heavy atom. The summed E-state index contributed by atoms with van der Waals surface area (Å²) in [4.78, 5) is 11.9. The maximum absolute atomic E-state index is 11.9. The van der Waals surface area contributed by atoms with Gasteiger partial charge in [-0.2, -0.15) is 0 Å². The van der Waals surface area contributed by atoms with Gasteiger partial charge in [-0.15, -0.1) is 0 Å². The Kier molecular flexibility index (Phi) is 2.63. The minimum absolute atomic E-state index is 0.240. The Bertz CT molecular complexity index is 653. The monoisotopic (exact) mass is 238 g/mol. The van der Waals surface area contributed by atoms with Crippen molar-refractivity contribution in [3.63, 3.8) is 0 Å². The molecule has 18 heavy (non-hydrogen) atoms. The zero-order chi connectivity index (χ0) is 12.5. The van der Waals surface area contributed by atoms with Crippen molar-refractivity contribution in [2.45, 2.75) is 13.3 Å². The van der Waals surface area contributed by atoms with Gasteiger partial charge in [0.15, 0.2) is 0 Å². The maximum atomic E-state index is 11.9. The fourth-order valence-corrected chi connectivity index (χ4v) is 2.52. The zero-order valence-electron chi connectivity index (χ0n) is 10.3. The van der Waals surface area contributed by atoms with Crippen LogP contribution in [0.3, 0.4) is 0 Å². The zero-order valence-corrected chi connectivity index (χ0v) is 10.3. The van der Waals surface area contributed by atoms with Gasteiger partial charge in [-0.1, -0.05) is 36.4 Å². The topological polar surface area (TPSA) is 26.3 Å². The van der Waals surface area contributed by atoms with Crippen LogP contribution in [0.25, 0.3) is 16.8 Å². The molecule has 0 saturated carbocycles. The number of allylic oxidation sites excluding steroid dienone is 1. The van der Waals surface area contributed by atoms with E-state index in [4.69, 9.17) is 4.74 Å². The lowest BCUT2D eigenvalue weighted by molar-refractivity contribution is 0.0526. The first-order valence-corrected chi connectivity index (χ1v) is 6.19. The fourth-order valence-electron chi connectivity index (χ4n) is 2.52. The minimum atomic E-state index is -0.240. The van der Waals surface area contributed by atoms with E-state index in [0.717, 1.165) is 12.0 Å². The normalized spacial score (nSPS) is 12.7. The molecular weight excluding hydrogens is 224 g/mol. The number of hydrogen-bond acceptors (Lipinski definition) is 2. The van der Waals surface area contributed by atoms with Gasteiger partial charge in [-0.25, -0.2) is 4.79 Å². The molecular formula is C16H14O2. The van der Waals surface area contributed by atoms with Crippen LogP contribution in [0.5, 0.6) is 0 Å². The molecule has 0 N–H and O–H groups in total. The van der Waals surface area contributed by atoms with E-state index < -0.39 is 0 Å². The number of rotatable bonds is 2. The first-order chi connectivity index (χ1) is 8.81. The second-order valence-corrected chi connectivity index (χ2v) is 4.37. The molecule has 0 saturated heterocycles. The average Bonchev–Trinajstić information content (AvgIpc) is 2.40. The molecule has 0 amide bonds. The van der Waals surface area contributed by atoms with Crippen LogP contribution in [0.4, 0.5) is 0 Å². The maximum Gasteiger partial charge on any atom is 0.338 e. The van der Waals surface area contributed by atoms with Gasteiger partial charge < -0.3 is 4.74 Å². The van der Waals surface area contributed by atoms with E-state index in [1.807, 2.05) is 25.1 Å². The second-order valence-electron chi connectivity index (χ2n) is 4.37. The molecule has 0 radical (unpaired) electrons. The molecule has 0 aliphatic heterocycles. The van der Waals surface area contributed by atoms with Gasteiger partial charge in [0, 0.05) is 0 Å². The van der Waals surface area contributed by atoms with Crippen LogP contribution in [-0.4, -0.2) is 12.6 Å². The molecule has 2 nitrogen and oxygen atoms in total. The lowest BCUT2D eigenvalue weighted by Crippen LogP contribution is -2.08. The standard InChI is InChI=1S/C16H14O2/c1-2-18-16(17)14-10-9-12-6-3-5-11-7-4-8-13(14)15(11)12/h3-6,8-10H,2,7H2,1H3. The molecule has 0 aromatic heterocycles. The van der Waals surface area contributed by atoms with Crippen molar-refractivity contribution in [1.82, 2.24) is 0 Å². The average molecular weight is 238 g/mol. The van der Waals surface area contributed by atoms with Crippen molar-refractivity contribution in [1.29, 1.82) is 0 Å². The molecule has 2 aromatic rings. The number of ether oxygens (including phenoxy) is 1. The quantitative estimate of drug-likeness (QED) is 0.747. The number of carbonyl (C=O) groups is 1. The van der Waals surface area contributed by atoms with Gasteiger partial charge in [0.25, 0.3) is 0 Å². The van der Waals surface area contributed by atoms with Crippen LogP contribution in [0.1, 0.15) is 28.4 Å². The highest BCUT2D eigenvalue weighted by Gasteiger charge is 2.17. The third-order valence-electron chi connectivity index (χ3n) is 3.29.